The number of anilines is 1. The maximum atomic E-state index is 11.3. The van der Waals surface area contributed by atoms with Gasteiger partial charge in [-0.1, -0.05) is 26.0 Å². The Morgan fingerprint density at radius 1 is 1.42 bits per heavy atom. The molecule has 0 spiro atoms. The highest BCUT2D eigenvalue weighted by atomic mass is 16.2. The van der Waals surface area contributed by atoms with Crippen LogP contribution in [0.25, 0.3) is 0 Å². The summed E-state index contributed by atoms with van der Waals surface area (Å²) in [5.74, 6) is 0.0382. The Morgan fingerprint density at radius 2 is 2.11 bits per heavy atom. The van der Waals surface area contributed by atoms with Crippen LogP contribution in [0.2, 0.25) is 0 Å². The van der Waals surface area contributed by atoms with Gasteiger partial charge in [-0.2, -0.15) is 5.10 Å². The lowest BCUT2D eigenvalue weighted by molar-refractivity contribution is -0.122. The number of rotatable bonds is 3. The fraction of sp³-hybridized carbons (Fsp3) is 0.357. The van der Waals surface area contributed by atoms with Crippen LogP contribution in [0.5, 0.6) is 0 Å². The number of hydrogen-bond donors (Lipinski definition) is 2. The lowest BCUT2D eigenvalue weighted by Crippen LogP contribution is -2.31. The van der Waals surface area contributed by atoms with Crippen LogP contribution in [0.15, 0.2) is 29.4 Å². The lowest BCUT2D eigenvalue weighted by atomic mass is 9.94. The highest BCUT2D eigenvalue weighted by Gasteiger charge is 2.21. The molecule has 2 N–H and O–H groups in total. The van der Waals surface area contributed by atoms with Gasteiger partial charge in [-0.25, -0.2) is 5.43 Å². The van der Waals surface area contributed by atoms with Crippen molar-refractivity contribution in [3.8, 4) is 0 Å². The molecule has 0 aliphatic carbocycles. The summed E-state index contributed by atoms with van der Waals surface area (Å²) < 4.78 is 0. The monoisotopic (exact) mass is 259 g/mol. The van der Waals surface area contributed by atoms with Crippen molar-refractivity contribution >= 4 is 23.2 Å². The first-order chi connectivity index (χ1) is 9.10. The van der Waals surface area contributed by atoms with E-state index in [2.05, 4.69) is 15.8 Å². The first-order valence-corrected chi connectivity index (χ1v) is 6.37. The van der Waals surface area contributed by atoms with Crippen LogP contribution in [0.3, 0.4) is 0 Å². The number of amides is 2. The molecule has 0 bridgehead atoms. The smallest absolute Gasteiger partial charge is 0.240 e. The predicted octanol–water partition coefficient (Wildman–Crippen LogP) is 1.90. The summed E-state index contributed by atoms with van der Waals surface area (Å²) in [5, 5.41) is 6.89. The van der Waals surface area contributed by atoms with Gasteiger partial charge in [-0.05, 0) is 17.7 Å². The van der Waals surface area contributed by atoms with E-state index >= 15 is 0 Å². The molecule has 0 saturated carbocycles. The number of benzene rings is 1. The van der Waals surface area contributed by atoms with Gasteiger partial charge in [0.25, 0.3) is 0 Å². The molecule has 2 rings (SSSR count). The summed E-state index contributed by atoms with van der Waals surface area (Å²) in [6.45, 7) is 3.79. The Labute approximate surface area is 112 Å². The van der Waals surface area contributed by atoms with Crippen molar-refractivity contribution in [2.75, 3.05) is 5.32 Å². The molecule has 5 heteroatoms. The lowest BCUT2D eigenvalue weighted by Gasteiger charge is -2.19. The van der Waals surface area contributed by atoms with Gasteiger partial charge in [0, 0.05) is 24.4 Å². The molecule has 1 atom stereocenters. The highest BCUT2D eigenvalue weighted by Crippen LogP contribution is 2.18. The average molecular weight is 259 g/mol. The Bertz CT molecular complexity index is 520. The van der Waals surface area contributed by atoms with Crippen molar-refractivity contribution in [3.63, 3.8) is 0 Å². The fourth-order valence-electron chi connectivity index (χ4n) is 1.98. The Kier molecular flexibility index (Phi) is 3.94. The zero-order valence-electron chi connectivity index (χ0n) is 11.1. The van der Waals surface area contributed by atoms with Crippen LogP contribution in [0.1, 0.15) is 32.3 Å². The van der Waals surface area contributed by atoms with Gasteiger partial charge < -0.3 is 5.32 Å². The number of nitrogens with zero attached hydrogens (tertiary/aromatic N) is 1. The molecule has 2 amide bonds. The molecule has 0 radical (unpaired) electrons. The quantitative estimate of drug-likeness (QED) is 0.870. The van der Waals surface area contributed by atoms with Gasteiger partial charge >= 0.3 is 0 Å². The molecule has 1 aromatic carbocycles. The highest BCUT2D eigenvalue weighted by molar-refractivity contribution is 6.06. The summed E-state index contributed by atoms with van der Waals surface area (Å²) in [4.78, 5) is 22.5. The van der Waals surface area contributed by atoms with Crippen LogP contribution in [-0.4, -0.2) is 17.5 Å². The minimum atomic E-state index is -0.0527. The minimum absolute atomic E-state index is 0.0108. The normalized spacial score (nSPS) is 18.5. The largest absolute Gasteiger partial charge is 0.326 e. The molecule has 0 aromatic heterocycles. The van der Waals surface area contributed by atoms with Crippen molar-refractivity contribution in [2.24, 2.45) is 11.0 Å². The van der Waals surface area contributed by atoms with Crippen LogP contribution < -0.4 is 10.7 Å². The van der Waals surface area contributed by atoms with Crippen molar-refractivity contribution in [2.45, 2.75) is 26.7 Å². The fourth-order valence-corrected chi connectivity index (χ4v) is 1.98. The van der Waals surface area contributed by atoms with Crippen LogP contribution in [-0.2, 0) is 9.59 Å². The third kappa shape index (κ3) is 3.19. The summed E-state index contributed by atoms with van der Waals surface area (Å²) in [7, 11) is 0. The zero-order chi connectivity index (χ0) is 13.8. The van der Waals surface area contributed by atoms with E-state index in [9.17, 15) is 9.59 Å². The molecule has 1 aromatic rings. The summed E-state index contributed by atoms with van der Waals surface area (Å²) >= 11 is 0. The Hall–Kier alpha value is -2.17. The van der Waals surface area contributed by atoms with Crippen LogP contribution >= 0.6 is 0 Å². The number of carbonyl (C=O) groups excluding carboxylic acids is 2. The molecular weight excluding hydrogens is 242 g/mol. The van der Waals surface area contributed by atoms with Crippen LogP contribution in [0, 0.1) is 5.92 Å². The zero-order valence-corrected chi connectivity index (χ0v) is 11.1. The van der Waals surface area contributed by atoms with E-state index in [0.717, 1.165) is 17.0 Å². The number of hydrogen-bond acceptors (Lipinski definition) is 3. The van der Waals surface area contributed by atoms with Crippen molar-refractivity contribution in [1.82, 2.24) is 5.43 Å². The first-order valence-electron chi connectivity index (χ1n) is 6.37. The number of carbonyl (C=O) groups is 2. The molecule has 0 saturated heterocycles. The van der Waals surface area contributed by atoms with E-state index in [4.69, 9.17) is 0 Å². The molecule has 5 nitrogen and oxygen atoms in total. The van der Waals surface area contributed by atoms with E-state index < -0.39 is 0 Å². The standard InChI is InChI=1S/C14H17N3O2/c1-3-12(18)15-11-6-4-10(5-7-11)14-9(2)8-13(19)16-17-14/h4-7,9H,3,8H2,1-2H3,(H,15,18)(H,16,19). The van der Waals surface area contributed by atoms with Gasteiger partial charge in [0.1, 0.15) is 0 Å². The van der Waals surface area contributed by atoms with E-state index in [0.29, 0.717) is 12.8 Å². The van der Waals surface area contributed by atoms with Gasteiger partial charge in [0.15, 0.2) is 0 Å². The van der Waals surface area contributed by atoms with Gasteiger partial charge in [0.2, 0.25) is 11.8 Å². The molecule has 1 aliphatic heterocycles. The minimum Gasteiger partial charge on any atom is -0.326 e. The summed E-state index contributed by atoms with van der Waals surface area (Å²) in [5.41, 5.74) is 5.09. The van der Waals surface area contributed by atoms with Crippen molar-refractivity contribution in [3.05, 3.63) is 29.8 Å². The molecule has 1 heterocycles. The maximum Gasteiger partial charge on any atom is 0.240 e. The number of hydrazone groups is 1. The molecule has 1 aliphatic rings. The van der Waals surface area contributed by atoms with Crippen molar-refractivity contribution < 1.29 is 9.59 Å². The predicted molar refractivity (Wildman–Crippen MR) is 73.8 cm³/mol. The van der Waals surface area contributed by atoms with E-state index in [1.54, 1.807) is 0 Å². The summed E-state index contributed by atoms with van der Waals surface area (Å²) in [6.07, 6.45) is 0.907. The molecule has 100 valence electrons. The molecule has 19 heavy (non-hydrogen) atoms. The van der Waals surface area contributed by atoms with E-state index in [1.165, 1.54) is 0 Å². The average Bonchev–Trinajstić information content (AvgIpc) is 2.40. The van der Waals surface area contributed by atoms with Gasteiger partial charge in [-0.3, -0.25) is 9.59 Å². The van der Waals surface area contributed by atoms with Crippen LogP contribution in [0.4, 0.5) is 5.69 Å². The second-order valence-corrected chi connectivity index (χ2v) is 4.62. The SMILES string of the molecule is CCC(=O)Nc1ccc(C2=NNC(=O)CC2C)cc1. The van der Waals surface area contributed by atoms with E-state index in [-0.39, 0.29) is 17.7 Å². The van der Waals surface area contributed by atoms with Gasteiger partial charge in [-0.15, -0.1) is 0 Å². The second kappa shape index (κ2) is 5.65. The second-order valence-electron chi connectivity index (χ2n) is 4.62. The molecule has 1 unspecified atom stereocenters. The third-order valence-electron chi connectivity index (χ3n) is 3.04. The number of nitrogens with one attached hydrogen (secondary N) is 2. The van der Waals surface area contributed by atoms with E-state index in [1.807, 2.05) is 38.1 Å². The topological polar surface area (TPSA) is 70.6 Å². The Morgan fingerprint density at radius 3 is 2.68 bits per heavy atom. The van der Waals surface area contributed by atoms with Gasteiger partial charge in [0.05, 0.1) is 5.71 Å². The maximum absolute atomic E-state index is 11.3. The Balaban J connectivity index is 2.14. The molecular formula is C14H17N3O2. The van der Waals surface area contributed by atoms with Crippen molar-refractivity contribution in [1.29, 1.82) is 0 Å². The summed E-state index contributed by atoms with van der Waals surface area (Å²) in [6, 6.07) is 7.49. The molecule has 0 fully saturated rings. The third-order valence-corrected chi connectivity index (χ3v) is 3.04. The first kappa shape index (κ1) is 13.3.